The first kappa shape index (κ1) is 20.8. The molecule has 3 aromatic rings. The summed E-state index contributed by atoms with van der Waals surface area (Å²) in [5.41, 5.74) is 1.75. The fourth-order valence-corrected chi connectivity index (χ4v) is 3.10. The van der Waals surface area contributed by atoms with Gasteiger partial charge >= 0.3 is 5.97 Å². The number of hydrogen-bond donors (Lipinski definition) is 1. The van der Waals surface area contributed by atoms with Crippen LogP contribution in [0.5, 0.6) is 5.75 Å². The quantitative estimate of drug-likeness (QED) is 0.541. The first-order chi connectivity index (χ1) is 13.9. The normalized spacial score (nSPS) is 11.6. The zero-order chi connectivity index (χ0) is 20.8. The van der Waals surface area contributed by atoms with Gasteiger partial charge in [-0.3, -0.25) is 4.79 Å². The van der Waals surface area contributed by atoms with E-state index in [0.29, 0.717) is 28.6 Å². The van der Waals surface area contributed by atoms with E-state index in [-0.39, 0.29) is 0 Å². The van der Waals surface area contributed by atoms with Crippen LogP contribution in [0.3, 0.4) is 0 Å². The Morgan fingerprint density at radius 2 is 1.83 bits per heavy atom. The van der Waals surface area contributed by atoms with Gasteiger partial charge in [-0.05, 0) is 62.4 Å². The molecular weight excluding hydrogens is 412 g/mol. The van der Waals surface area contributed by atoms with Gasteiger partial charge in [0.2, 0.25) is 0 Å². The number of carbonyl (C=O) groups is 2. The van der Waals surface area contributed by atoms with E-state index in [2.05, 4.69) is 10.3 Å². The monoisotopic (exact) mass is 430 g/mol. The summed E-state index contributed by atoms with van der Waals surface area (Å²) in [5.74, 6) is -0.412. The number of aromatic nitrogens is 1. The molecule has 0 spiro atoms. The highest BCUT2D eigenvalue weighted by Crippen LogP contribution is 2.17. The highest BCUT2D eigenvalue weighted by atomic mass is 35.5. The van der Waals surface area contributed by atoms with Crippen LogP contribution < -0.4 is 10.1 Å². The topological polar surface area (TPSA) is 77.5 Å². The lowest BCUT2D eigenvalue weighted by atomic mass is 10.2. The molecule has 0 aliphatic heterocycles. The second-order valence-electron chi connectivity index (χ2n) is 6.21. The molecule has 3 rings (SSSR count). The van der Waals surface area contributed by atoms with Crippen molar-refractivity contribution in [2.45, 2.75) is 26.6 Å². The summed E-state index contributed by atoms with van der Waals surface area (Å²) >= 11 is 7.38. The second-order valence-corrected chi connectivity index (χ2v) is 7.71. The molecule has 0 saturated carbocycles. The van der Waals surface area contributed by atoms with Gasteiger partial charge in [-0.1, -0.05) is 11.6 Å². The Hall–Kier alpha value is -2.90. The number of hydrogen-bond acceptors (Lipinski definition) is 6. The van der Waals surface area contributed by atoms with Crippen molar-refractivity contribution >= 4 is 40.5 Å². The SMILES string of the molecule is Cc1nc(COc2ccc(C(=O)OC(C)C(=O)Nc3ccc(Cl)cc3)cc2)cs1. The van der Waals surface area contributed by atoms with Crippen LogP contribution in [-0.2, 0) is 16.1 Å². The summed E-state index contributed by atoms with van der Waals surface area (Å²) in [6, 6.07) is 13.2. The number of esters is 1. The van der Waals surface area contributed by atoms with Gasteiger partial charge in [0, 0.05) is 16.1 Å². The number of aryl methyl sites for hydroxylation is 1. The molecule has 29 heavy (non-hydrogen) atoms. The summed E-state index contributed by atoms with van der Waals surface area (Å²) in [4.78, 5) is 28.8. The number of anilines is 1. The van der Waals surface area contributed by atoms with Crippen LogP contribution in [0.4, 0.5) is 5.69 Å². The van der Waals surface area contributed by atoms with E-state index in [1.807, 2.05) is 12.3 Å². The number of nitrogens with one attached hydrogen (secondary N) is 1. The number of rotatable bonds is 7. The third-order valence-corrected chi connectivity index (χ3v) is 4.98. The molecule has 1 unspecified atom stereocenters. The molecule has 0 aliphatic carbocycles. The van der Waals surface area contributed by atoms with E-state index in [0.717, 1.165) is 10.7 Å². The Labute approximate surface area is 177 Å². The molecule has 1 aromatic heterocycles. The molecule has 2 aromatic carbocycles. The Morgan fingerprint density at radius 3 is 2.45 bits per heavy atom. The molecule has 0 bridgehead atoms. The lowest BCUT2D eigenvalue weighted by Gasteiger charge is -2.14. The summed E-state index contributed by atoms with van der Waals surface area (Å²) < 4.78 is 10.9. The molecule has 1 atom stereocenters. The zero-order valence-electron chi connectivity index (χ0n) is 15.8. The van der Waals surface area contributed by atoms with Gasteiger partial charge in [0.25, 0.3) is 5.91 Å². The van der Waals surface area contributed by atoms with Crippen molar-refractivity contribution in [2.75, 3.05) is 5.32 Å². The van der Waals surface area contributed by atoms with Crippen molar-refractivity contribution in [2.24, 2.45) is 0 Å². The van der Waals surface area contributed by atoms with Crippen molar-refractivity contribution in [1.82, 2.24) is 4.98 Å². The van der Waals surface area contributed by atoms with Gasteiger partial charge in [-0.2, -0.15) is 0 Å². The lowest BCUT2D eigenvalue weighted by Crippen LogP contribution is -2.29. The van der Waals surface area contributed by atoms with E-state index in [9.17, 15) is 9.59 Å². The van der Waals surface area contributed by atoms with Gasteiger partial charge in [0.15, 0.2) is 6.10 Å². The minimum atomic E-state index is -0.956. The van der Waals surface area contributed by atoms with Crippen LogP contribution in [0.25, 0.3) is 0 Å². The number of benzene rings is 2. The van der Waals surface area contributed by atoms with E-state index >= 15 is 0 Å². The Morgan fingerprint density at radius 1 is 1.14 bits per heavy atom. The maximum absolute atomic E-state index is 12.3. The summed E-state index contributed by atoms with van der Waals surface area (Å²) in [7, 11) is 0. The molecule has 0 radical (unpaired) electrons. The van der Waals surface area contributed by atoms with Gasteiger partial charge in [-0.25, -0.2) is 9.78 Å². The highest BCUT2D eigenvalue weighted by Gasteiger charge is 2.19. The smallest absolute Gasteiger partial charge is 0.338 e. The van der Waals surface area contributed by atoms with Crippen LogP contribution in [0.2, 0.25) is 5.02 Å². The fraction of sp³-hybridized carbons (Fsp3) is 0.190. The minimum absolute atomic E-state index is 0.327. The number of amides is 1. The molecule has 8 heteroatoms. The van der Waals surface area contributed by atoms with E-state index in [4.69, 9.17) is 21.1 Å². The first-order valence-corrected chi connectivity index (χ1v) is 10.1. The lowest BCUT2D eigenvalue weighted by molar-refractivity contribution is -0.123. The Bertz CT molecular complexity index is 987. The maximum atomic E-state index is 12.3. The van der Waals surface area contributed by atoms with Gasteiger partial charge in [0.05, 0.1) is 16.3 Å². The summed E-state index contributed by atoms with van der Waals surface area (Å²) in [6.45, 7) is 3.80. The van der Waals surface area contributed by atoms with Crippen LogP contribution in [0.15, 0.2) is 53.9 Å². The number of nitrogens with zero attached hydrogens (tertiary/aromatic N) is 1. The van der Waals surface area contributed by atoms with Crippen LogP contribution >= 0.6 is 22.9 Å². The predicted molar refractivity (Wildman–Crippen MR) is 113 cm³/mol. The second kappa shape index (κ2) is 9.54. The third kappa shape index (κ3) is 6.04. The van der Waals surface area contributed by atoms with Crippen molar-refractivity contribution in [3.63, 3.8) is 0 Å². The highest BCUT2D eigenvalue weighted by molar-refractivity contribution is 7.09. The van der Waals surface area contributed by atoms with E-state index in [1.54, 1.807) is 59.9 Å². The van der Waals surface area contributed by atoms with Crippen molar-refractivity contribution < 1.29 is 19.1 Å². The number of thiazole rings is 1. The van der Waals surface area contributed by atoms with Crippen molar-refractivity contribution in [3.8, 4) is 5.75 Å². The van der Waals surface area contributed by atoms with Gasteiger partial charge in [0.1, 0.15) is 12.4 Å². The summed E-state index contributed by atoms with van der Waals surface area (Å²) in [6.07, 6.45) is -0.956. The average Bonchev–Trinajstić information content (AvgIpc) is 3.13. The Kier molecular flexibility index (Phi) is 6.85. The molecule has 0 saturated heterocycles. The molecule has 0 aliphatic rings. The van der Waals surface area contributed by atoms with Crippen LogP contribution in [0.1, 0.15) is 28.0 Å². The predicted octanol–water partition coefficient (Wildman–Crippen LogP) is 4.87. The van der Waals surface area contributed by atoms with Crippen molar-refractivity contribution in [3.05, 3.63) is 75.2 Å². The maximum Gasteiger partial charge on any atom is 0.338 e. The standard InChI is InChI=1S/C21H19ClN2O4S/c1-13(20(25)24-17-7-5-16(22)6-8-17)28-21(26)15-3-9-19(10-4-15)27-11-18-12-29-14(2)23-18/h3-10,12-13H,11H2,1-2H3,(H,24,25). The largest absolute Gasteiger partial charge is 0.487 e. The first-order valence-electron chi connectivity index (χ1n) is 8.82. The van der Waals surface area contributed by atoms with E-state index < -0.39 is 18.0 Å². The van der Waals surface area contributed by atoms with Gasteiger partial charge < -0.3 is 14.8 Å². The third-order valence-electron chi connectivity index (χ3n) is 3.91. The average molecular weight is 431 g/mol. The van der Waals surface area contributed by atoms with Crippen LogP contribution in [0, 0.1) is 6.92 Å². The molecule has 1 heterocycles. The van der Waals surface area contributed by atoms with Crippen LogP contribution in [-0.4, -0.2) is 23.0 Å². The molecule has 150 valence electrons. The number of ether oxygens (including phenoxy) is 2. The minimum Gasteiger partial charge on any atom is -0.487 e. The Balaban J connectivity index is 1.51. The zero-order valence-corrected chi connectivity index (χ0v) is 17.4. The summed E-state index contributed by atoms with van der Waals surface area (Å²) in [5, 5.41) is 6.16. The number of halogens is 1. The van der Waals surface area contributed by atoms with Crippen molar-refractivity contribution in [1.29, 1.82) is 0 Å². The molecular formula is C21H19ClN2O4S. The fourth-order valence-electron chi connectivity index (χ4n) is 2.38. The molecule has 1 N–H and O–H groups in total. The number of carbonyl (C=O) groups excluding carboxylic acids is 2. The molecule has 6 nitrogen and oxygen atoms in total. The van der Waals surface area contributed by atoms with Gasteiger partial charge in [-0.15, -0.1) is 11.3 Å². The molecule has 1 amide bonds. The van der Waals surface area contributed by atoms with E-state index in [1.165, 1.54) is 6.92 Å². The molecule has 0 fully saturated rings.